The molecule has 0 heterocycles. The van der Waals surface area contributed by atoms with Crippen LogP contribution < -0.4 is 4.72 Å². The third-order valence-electron chi connectivity index (χ3n) is 2.94. The molecule has 1 aliphatic rings. The van der Waals surface area contributed by atoms with Gasteiger partial charge in [-0.25, -0.2) is 13.1 Å². The van der Waals surface area contributed by atoms with E-state index in [0.717, 1.165) is 19.3 Å². The molecule has 0 spiro atoms. The number of sulfonamides is 1. The van der Waals surface area contributed by atoms with Crippen molar-refractivity contribution >= 4 is 21.6 Å². The van der Waals surface area contributed by atoms with Gasteiger partial charge in [0, 0.05) is 11.9 Å². The van der Waals surface area contributed by atoms with Crippen molar-refractivity contribution in [3.05, 3.63) is 0 Å². The van der Waals surface area contributed by atoms with Gasteiger partial charge < -0.3 is 4.74 Å². The highest BCUT2D eigenvalue weighted by atomic mass is 35.5. The van der Waals surface area contributed by atoms with Gasteiger partial charge in [0.2, 0.25) is 10.0 Å². The molecule has 1 N–H and O–H groups in total. The molecule has 0 saturated heterocycles. The fourth-order valence-corrected chi connectivity index (χ4v) is 3.22. The van der Waals surface area contributed by atoms with Crippen LogP contribution in [0.25, 0.3) is 0 Å². The first kappa shape index (κ1) is 15.2. The summed E-state index contributed by atoms with van der Waals surface area (Å²) in [5.74, 6) is 0.294. The minimum absolute atomic E-state index is 0.0187. The van der Waals surface area contributed by atoms with Gasteiger partial charge in [0.1, 0.15) is 0 Å². The Kier molecular flexibility index (Phi) is 6.20. The van der Waals surface area contributed by atoms with Crippen molar-refractivity contribution in [1.82, 2.24) is 4.72 Å². The zero-order valence-electron chi connectivity index (χ0n) is 10.5. The monoisotopic (exact) mass is 283 g/mol. The number of halogens is 1. The highest BCUT2D eigenvalue weighted by Gasteiger charge is 2.26. The van der Waals surface area contributed by atoms with Crippen molar-refractivity contribution in [3.63, 3.8) is 0 Å². The Morgan fingerprint density at radius 2 is 2.12 bits per heavy atom. The van der Waals surface area contributed by atoms with Gasteiger partial charge in [0.15, 0.2) is 0 Å². The van der Waals surface area contributed by atoms with Gasteiger partial charge in [-0.05, 0) is 32.6 Å². The summed E-state index contributed by atoms with van der Waals surface area (Å²) in [6.45, 7) is 4.47. The number of hydrogen-bond donors (Lipinski definition) is 1. The number of alkyl halides is 1. The van der Waals surface area contributed by atoms with Crippen LogP contribution in [0.1, 0.15) is 33.1 Å². The lowest BCUT2D eigenvalue weighted by Crippen LogP contribution is -2.34. The molecular formula is C11H22ClNO3S. The third-order valence-corrected chi connectivity index (χ3v) is 4.82. The van der Waals surface area contributed by atoms with Gasteiger partial charge in [0.05, 0.1) is 18.5 Å². The van der Waals surface area contributed by atoms with Crippen molar-refractivity contribution in [2.24, 2.45) is 5.92 Å². The second-order valence-corrected chi connectivity index (χ2v) is 7.28. The highest BCUT2D eigenvalue weighted by Crippen LogP contribution is 2.29. The Labute approximate surface area is 109 Å². The maximum atomic E-state index is 11.6. The van der Waals surface area contributed by atoms with E-state index in [2.05, 4.69) is 4.72 Å². The van der Waals surface area contributed by atoms with Crippen LogP contribution in [0, 0.1) is 5.92 Å². The fourth-order valence-electron chi connectivity index (χ4n) is 1.92. The predicted molar refractivity (Wildman–Crippen MR) is 69.9 cm³/mol. The van der Waals surface area contributed by atoms with E-state index >= 15 is 0 Å². The van der Waals surface area contributed by atoms with Crippen LogP contribution in [0.2, 0.25) is 0 Å². The Hall–Kier alpha value is 0.160. The first-order valence-electron chi connectivity index (χ1n) is 6.14. The van der Waals surface area contributed by atoms with E-state index in [-0.39, 0.29) is 29.8 Å². The largest absolute Gasteiger partial charge is 0.378 e. The summed E-state index contributed by atoms with van der Waals surface area (Å²) >= 11 is 6.09. The molecule has 4 nitrogen and oxygen atoms in total. The lowest BCUT2D eigenvalue weighted by atomic mass is 10.1. The van der Waals surface area contributed by atoms with Crippen LogP contribution in [0.4, 0.5) is 0 Å². The Bertz CT molecular complexity index is 319. The minimum atomic E-state index is -3.22. The van der Waals surface area contributed by atoms with Crippen molar-refractivity contribution < 1.29 is 13.2 Å². The van der Waals surface area contributed by atoms with Crippen molar-refractivity contribution in [3.8, 4) is 0 Å². The molecule has 1 aliphatic carbocycles. The average Bonchev–Trinajstić information content (AvgIpc) is 2.60. The van der Waals surface area contributed by atoms with Crippen LogP contribution in [0.3, 0.4) is 0 Å². The molecule has 0 aliphatic heterocycles. The first-order chi connectivity index (χ1) is 7.91. The molecule has 1 fully saturated rings. The molecule has 0 aromatic heterocycles. The van der Waals surface area contributed by atoms with E-state index in [1.807, 2.05) is 13.8 Å². The third kappa shape index (κ3) is 6.04. The number of hydrogen-bond acceptors (Lipinski definition) is 3. The number of ether oxygens (including phenoxy) is 1. The average molecular weight is 284 g/mol. The molecule has 0 aromatic rings. The lowest BCUT2D eigenvalue weighted by molar-refractivity contribution is 0.0911. The topological polar surface area (TPSA) is 55.4 Å². The van der Waals surface area contributed by atoms with Crippen LogP contribution in [0.15, 0.2) is 0 Å². The van der Waals surface area contributed by atoms with E-state index in [0.29, 0.717) is 6.54 Å². The van der Waals surface area contributed by atoms with Gasteiger partial charge in [0.25, 0.3) is 0 Å². The van der Waals surface area contributed by atoms with Crippen molar-refractivity contribution in [2.75, 3.05) is 18.9 Å². The molecule has 1 saturated carbocycles. The van der Waals surface area contributed by atoms with Gasteiger partial charge in [-0.3, -0.25) is 0 Å². The van der Waals surface area contributed by atoms with Crippen molar-refractivity contribution in [1.29, 1.82) is 0 Å². The molecule has 0 radical (unpaired) electrons. The second-order valence-electron chi connectivity index (χ2n) is 4.79. The minimum Gasteiger partial charge on any atom is -0.378 e. The van der Waals surface area contributed by atoms with Crippen LogP contribution in [0.5, 0.6) is 0 Å². The van der Waals surface area contributed by atoms with Gasteiger partial charge in [-0.2, -0.15) is 0 Å². The fraction of sp³-hybridized carbons (Fsp3) is 1.00. The molecule has 17 heavy (non-hydrogen) atoms. The van der Waals surface area contributed by atoms with Gasteiger partial charge >= 0.3 is 0 Å². The van der Waals surface area contributed by atoms with E-state index < -0.39 is 10.0 Å². The molecule has 0 aromatic carbocycles. The zero-order chi connectivity index (χ0) is 12.9. The normalized spacial score (nSPS) is 25.6. The molecular weight excluding hydrogens is 262 g/mol. The molecule has 1 rings (SSSR count). The van der Waals surface area contributed by atoms with Crippen LogP contribution >= 0.6 is 11.6 Å². The SMILES string of the molecule is CC(C)OCCS(=O)(=O)NCC1CCCC1Cl. The molecule has 2 unspecified atom stereocenters. The Balaban J connectivity index is 2.24. The summed E-state index contributed by atoms with van der Waals surface area (Å²) in [5, 5.41) is 0.115. The summed E-state index contributed by atoms with van der Waals surface area (Å²) in [6, 6.07) is 0. The van der Waals surface area contributed by atoms with Gasteiger partial charge in [-0.15, -0.1) is 11.6 Å². The molecule has 2 atom stereocenters. The summed E-state index contributed by atoms with van der Waals surface area (Å²) < 4.78 is 31.1. The summed E-state index contributed by atoms with van der Waals surface area (Å²) in [5.41, 5.74) is 0. The Morgan fingerprint density at radius 3 is 2.65 bits per heavy atom. The molecule has 0 bridgehead atoms. The van der Waals surface area contributed by atoms with E-state index in [1.165, 1.54) is 0 Å². The Morgan fingerprint density at radius 1 is 1.41 bits per heavy atom. The maximum absolute atomic E-state index is 11.6. The number of rotatable bonds is 7. The maximum Gasteiger partial charge on any atom is 0.213 e. The van der Waals surface area contributed by atoms with Gasteiger partial charge in [-0.1, -0.05) is 6.42 Å². The molecule has 102 valence electrons. The quantitative estimate of drug-likeness (QED) is 0.724. The smallest absolute Gasteiger partial charge is 0.213 e. The second kappa shape index (κ2) is 6.92. The standard InChI is InChI=1S/C11H22ClNO3S/c1-9(2)16-6-7-17(14,15)13-8-10-4-3-5-11(10)12/h9-11,13H,3-8H2,1-2H3. The van der Waals surface area contributed by atoms with Crippen molar-refractivity contribution in [2.45, 2.75) is 44.6 Å². The van der Waals surface area contributed by atoms with Crippen LogP contribution in [-0.4, -0.2) is 38.8 Å². The van der Waals surface area contributed by atoms with Crippen LogP contribution in [-0.2, 0) is 14.8 Å². The molecule has 6 heteroatoms. The first-order valence-corrected chi connectivity index (χ1v) is 8.22. The summed E-state index contributed by atoms with van der Waals surface area (Å²) in [7, 11) is -3.22. The molecule has 0 amide bonds. The van der Waals surface area contributed by atoms with E-state index in [1.54, 1.807) is 0 Å². The predicted octanol–water partition coefficient (Wildman–Crippen LogP) is 1.74. The number of nitrogens with one attached hydrogen (secondary N) is 1. The lowest BCUT2D eigenvalue weighted by Gasteiger charge is -2.15. The van der Waals surface area contributed by atoms with E-state index in [4.69, 9.17) is 16.3 Å². The summed E-state index contributed by atoms with van der Waals surface area (Å²) in [6.07, 6.45) is 3.16. The zero-order valence-corrected chi connectivity index (χ0v) is 12.1. The van der Waals surface area contributed by atoms with E-state index in [9.17, 15) is 8.42 Å². The highest BCUT2D eigenvalue weighted by molar-refractivity contribution is 7.89. The summed E-state index contributed by atoms with van der Waals surface area (Å²) in [4.78, 5) is 0.